The van der Waals surface area contributed by atoms with Crippen LogP contribution >= 0.6 is 11.6 Å². The van der Waals surface area contributed by atoms with Crippen LogP contribution in [-0.2, 0) is 4.79 Å². The molecule has 16 heavy (non-hydrogen) atoms. The maximum atomic E-state index is 11.1. The molecule has 1 heterocycles. The molecule has 0 aliphatic heterocycles. The fraction of sp³-hybridized carbons (Fsp3) is 0.250. The number of nitrogens with one attached hydrogen (secondary N) is 1. The van der Waals surface area contributed by atoms with E-state index in [0.29, 0.717) is 0 Å². The van der Waals surface area contributed by atoms with Crippen LogP contribution in [0.3, 0.4) is 0 Å². The van der Waals surface area contributed by atoms with Gasteiger partial charge in [-0.05, 0) is 19.1 Å². The molecule has 2 aromatic rings. The largest absolute Gasteiger partial charge is 0.459 e. The number of halogens is 1. The number of fused-ring (bicyclic) bond motifs is 1. The molecule has 0 bridgehead atoms. The van der Waals surface area contributed by atoms with Crippen molar-refractivity contribution in [3.8, 4) is 0 Å². The van der Waals surface area contributed by atoms with Gasteiger partial charge < -0.3 is 9.73 Å². The van der Waals surface area contributed by atoms with Crippen LogP contribution < -0.4 is 5.32 Å². The Morgan fingerprint density at radius 2 is 2.25 bits per heavy atom. The average Bonchev–Trinajstić information content (AvgIpc) is 2.72. The summed E-state index contributed by atoms with van der Waals surface area (Å²) in [5, 5.41) is 3.77. The Labute approximate surface area is 98.4 Å². The van der Waals surface area contributed by atoms with Gasteiger partial charge in [-0.15, -0.1) is 11.6 Å². The molecule has 0 radical (unpaired) electrons. The molecule has 0 saturated carbocycles. The SMILES string of the molecule is C[C@H](NC(=O)CCl)c1cc2ccccc2o1. The summed E-state index contributed by atoms with van der Waals surface area (Å²) in [5.74, 6) is 0.499. The molecule has 4 heteroatoms. The second-order valence-electron chi connectivity index (χ2n) is 3.61. The van der Waals surface area contributed by atoms with E-state index in [-0.39, 0.29) is 17.8 Å². The summed E-state index contributed by atoms with van der Waals surface area (Å²) in [4.78, 5) is 11.1. The van der Waals surface area contributed by atoms with E-state index in [4.69, 9.17) is 16.0 Å². The molecule has 0 saturated heterocycles. The number of carbonyl (C=O) groups is 1. The second-order valence-corrected chi connectivity index (χ2v) is 3.88. The number of hydrogen-bond donors (Lipinski definition) is 1. The molecule has 1 atom stereocenters. The van der Waals surface area contributed by atoms with E-state index in [9.17, 15) is 4.79 Å². The summed E-state index contributed by atoms with van der Waals surface area (Å²) in [6, 6.07) is 9.49. The highest BCUT2D eigenvalue weighted by Gasteiger charge is 2.13. The van der Waals surface area contributed by atoms with E-state index in [2.05, 4.69) is 5.32 Å². The molecule has 1 aromatic carbocycles. The molecule has 0 unspecified atom stereocenters. The highest BCUT2D eigenvalue weighted by Crippen LogP contribution is 2.23. The van der Waals surface area contributed by atoms with Gasteiger partial charge in [0.1, 0.15) is 17.2 Å². The van der Waals surface area contributed by atoms with Crippen molar-refractivity contribution < 1.29 is 9.21 Å². The van der Waals surface area contributed by atoms with E-state index >= 15 is 0 Å². The lowest BCUT2D eigenvalue weighted by molar-refractivity contribution is -0.119. The first-order valence-corrected chi connectivity index (χ1v) is 5.58. The fourth-order valence-corrected chi connectivity index (χ4v) is 1.64. The number of carbonyl (C=O) groups excluding carboxylic acids is 1. The van der Waals surface area contributed by atoms with E-state index in [1.165, 1.54) is 0 Å². The topological polar surface area (TPSA) is 42.2 Å². The van der Waals surface area contributed by atoms with E-state index < -0.39 is 0 Å². The smallest absolute Gasteiger partial charge is 0.235 e. The average molecular weight is 238 g/mol. The first-order chi connectivity index (χ1) is 7.70. The molecule has 0 aliphatic carbocycles. The standard InChI is InChI=1S/C12H12ClNO2/c1-8(14-12(15)7-13)11-6-9-4-2-3-5-10(9)16-11/h2-6,8H,7H2,1H3,(H,14,15)/t8-/m0/s1. The molecule has 1 aromatic heterocycles. The van der Waals surface area contributed by atoms with Gasteiger partial charge in [0, 0.05) is 5.39 Å². The van der Waals surface area contributed by atoms with Crippen LogP contribution in [-0.4, -0.2) is 11.8 Å². The number of benzene rings is 1. The monoisotopic (exact) mass is 237 g/mol. The number of rotatable bonds is 3. The van der Waals surface area contributed by atoms with Gasteiger partial charge in [-0.3, -0.25) is 4.79 Å². The van der Waals surface area contributed by atoms with E-state index in [1.54, 1.807) is 0 Å². The molecular formula is C12H12ClNO2. The summed E-state index contributed by atoms with van der Waals surface area (Å²) in [7, 11) is 0. The molecule has 2 rings (SSSR count). The summed E-state index contributed by atoms with van der Waals surface area (Å²) in [5.41, 5.74) is 0.824. The van der Waals surface area contributed by atoms with Crippen LogP contribution in [0.5, 0.6) is 0 Å². The van der Waals surface area contributed by atoms with E-state index in [1.807, 2.05) is 37.3 Å². The summed E-state index contributed by atoms with van der Waals surface area (Å²) >= 11 is 5.42. The zero-order valence-electron chi connectivity index (χ0n) is 8.87. The number of alkyl halides is 1. The third-order valence-electron chi connectivity index (χ3n) is 2.37. The lowest BCUT2D eigenvalue weighted by atomic mass is 10.2. The molecule has 0 aliphatic rings. The predicted octanol–water partition coefficient (Wildman–Crippen LogP) is 2.85. The maximum absolute atomic E-state index is 11.1. The second kappa shape index (κ2) is 4.58. The van der Waals surface area contributed by atoms with E-state index in [0.717, 1.165) is 16.7 Å². The highest BCUT2D eigenvalue weighted by molar-refractivity contribution is 6.27. The molecule has 3 nitrogen and oxygen atoms in total. The Kier molecular flexibility index (Phi) is 3.15. The number of furan rings is 1. The molecule has 1 N–H and O–H groups in total. The van der Waals surface area contributed by atoms with Gasteiger partial charge >= 0.3 is 0 Å². The zero-order valence-corrected chi connectivity index (χ0v) is 9.62. The maximum Gasteiger partial charge on any atom is 0.235 e. The Bertz CT molecular complexity index is 473. The highest BCUT2D eigenvalue weighted by atomic mass is 35.5. The Hall–Kier alpha value is -1.48. The van der Waals surface area contributed by atoms with Crippen molar-refractivity contribution in [2.24, 2.45) is 0 Å². The Morgan fingerprint density at radius 1 is 1.50 bits per heavy atom. The molecular weight excluding hydrogens is 226 g/mol. The van der Waals surface area contributed by atoms with Gasteiger partial charge in [-0.1, -0.05) is 18.2 Å². The lowest BCUT2D eigenvalue weighted by Crippen LogP contribution is -2.27. The summed E-state index contributed by atoms with van der Waals surface area (Å²) in [6.45, 7) is 1.86. The van der Waals surface area contributed by atoms with Gasteiger partial charge in [0.2, 0.25) is 5.91 Å². The van der Waals surface area contributed by atoms with Crippen LogP contribution in [0.2, 0.25) is 0 Å². The Morgan fingerprint density at radius 3 is 2.94 bits per heavy atom. The molecule has 0 spiro atoms. The van der Waals surface area contributed by atoms with Crippen LogP contribution in [0, 0.1) is 0 Å². The minimum atomic E-state index is -0.199. The normalized spacial score (nSPS) is 12.6. The van der Waals surface area contributed by atoms with Crippen LogP contribution in [0.15, 0.2) is 34.7 Å². The van der Waals surface area contributed by atoms with Crippen molar-refractivity contribution in [3.05, 3.63) is 36.1 Å². The van der Waals surface area contributed by atoms with Gasteiger partial charge in [0.15, 0.2) is 0 Å². The first-order valence-electron chi connectivity index (χ1n) is 5.04. The molecule has 1 amide bonds. The summed E-state index contributed by atoms with van der Waals surface area (Å²) in [6.07, 6.45) is 0. The lowest BCUT2D eigenvalue weighted by Gasteiger charge is -2.09. The van der Waals surface area contributed by atoms with Crippen LogP contribution in [0.4, 0.5) is 0 Å². The van der Waals surface area contributed by atoms with Crippen molar-refractivity contribution in [1.29, 1.82) is 0 Å². The van der Waals surface area contributed by atoms with Gasteiger partial charge in [-0.2, -0.15) is 0 Å². The Balaban J connectivity index is 2.23. The van der Waals surface area contributed by atoms with Crippen LogP contribution in [0.25, 0.3) is 11.0 Å². The first kappa shape index (κ1) is 11.0. The molecule has 0 fully saturated rings. The van der Waals surface area contributed by atoms with Crippen LogP contribution in [0.1, 0.15) is 18.7 Å². The van der Waals surface area contributed by atoms with Crippen molar-refractivity contribution in [3.63, 3.8) is 0 Å². The zero-order chi connectivity index (χ0) is 11.5. The third-order valence-corrected chi connectivity index (χ3v) is 2.61. The van der Waals surface area contributed by atoms with Crippen molar-refractivity contribution in [2.45, 2.75) is 13.0 Å². The fourth-order valence-electron chi connectivity index (χ4n) is 1.57. The quantitative estimate of drug-likeness (QED) is 0.835. The number of para-hydroxylation sites is 1. The predicted molar refractivity (Wildman–Crippen MR) is 63.5 cm³/mol. The van der Waals surface area contributed by atoms with Gasteiger partial charge in [-0.25, -0.2) is 0 Å². The minimum Gasteiger partial charge on any atom is -0.459 e. The van der Waals surface area contributed by atoms with Gasteiger partial charge in [0.05, 0.1) is 6.04 Å². The number of hydrogen-bond acceptors (Lipinski definition) is 2. The van der Waals surface area contributed by atoms with Crippen molar-refractivity contribution in [1.82, 2.24) is 5.32 Å². The van der Waals surface area contributed by atoms with Gasteiger partial charge in [0.25, 0.3) is 0 Å². The minimum absolute atomic E-state index is 0.0371. The molecule has 84 valence electrons. The third kappa shape index (κ3) is 2.19. The van der Waals surface area contributed by atoms with Crippen molar-refractivity contribution in [2.75, 3.05) is 5.88 Å². The van der Waals surface area contributed by atoms with Crippen molar-refractivity contribution >= 4 is 28.5 Å². The number of amides is 1. The summed E-state index contributed by atoms with van der Waals surface area (Å²) < 4.78 is 5.62.